The molecular formula is C16H19N3O3. The van der Waals surface area contributed by atoms with E-state index in [9.17, 15) is 14.7 Å². The average molecular weight is 301 g/mol. The number of carbonyl (C=O) groups excluding carboxylic acids is 1. The molecule has 2 heterocycles. The van der Waals surface area contributed by atoms with Gasteiger partial charge in [0.15, 0.2) is 0 Å². The predicted octanol–water partition coefficient (Wildman–Crippen LogP) is 1.84. The lowest BCUT2D eigenvalue weighted by Crippen LogP contribution is -2.69. The quantitative estimate of drug-likeness (QED) is 0.736. The summed E-state index contributed by atoms with van der Waals surface area (Å²) in [6.45, 7) is 2.03. The maximum atomic E-state index is 12.4. The molecule has 6 heteroatoms. The molecule has 3 saturated carbocycles. The van der Waals surface area contributed by atoms with Gasteiger partial charge < -0.3 is 15.7 Å². The van der Waals surface area contributed by atoms with Crippen LogP contribution >= 0.6 is 0 Å². The van der Waals surface area contributed by atoms with Crippen molar-refractivity contribution in [2.24, 2.45) is 17.3 Å². The molecule has 2 bridgehead atoms. The molecule has 1 aromatic rings. The first-order valence-corrected chi connectivity index (χ1v) is 7.72. The zero-order valence-corrected chi connectivity index (χ0v) is 12.4. The Bertz CT molecular complexity index is 676. The van der Waals surface area contributed by atoms with Crippen LogP contribution in [0.3, 0.4) is 0 Å². The molecule has 116 valence electrons. The fraction of sp³-hybridized carbons (Fsp3) is 0.562. The summed E-state index contributed by atoms with van der Waals surface area (Å²) in [4.78, 5) is 28.3. The van der Waals surface area contributed by atoms with Gasteiger partial charge >= 0.3 is 5.97 Å². The standard InChI is InChI=1S/C16H19N3O3/c1-15-5-4-9(7-11(15)14(21)22)16(8-15)18-12-10(13(20)19-16)3-2-6-17-12/h2-3,6,9,11H,4-5,7-8H2,1H3,(H,17,18)(H,19,20)(H,21,22)/t9-,11+,15+,16-/m0/s1. The summed E-state index contributed by atoms with van der Waals surface area (Å²) < 4.78 is 0. The minimum absolute atomic E-state index is 0.120. The monoisotopic (exact) mass is 301 g/mol. The summed E-state index contributed by atoms with van der Waals surface area (Å²) in [5.41, 5.74) is -0.306. The summed E-state index contributed by atoms with van der Waals surface area (Å²) in [5.74, 6) is -0.447. The molecule has 1 spiro atoms. The van der Waals surface area contributed by atoms with Crippen LogP contribution in [0, 0.1) is 17.3 Å². The fourth-order valence-electron chi connectivity index (χ4n) is 4.70. The molecule has 5 rings (SSSR count). The van der Waals surface area contributed by atoms with Gasteiger partial charge in [0.25, 0.3) is 5.91 Å². The lowest BCUT2D eigenvalue weighted by atomic mass is 9.51. The molecule has 0 radical (unpaired) electrons. The lowest BCUT2D eigenvalue weighted by Gasteiger charge is -2.60. The Morgan fingerprint density at radius 2 is 2.27 bits per heavy atom. The third-order valence-electron chi connectivity index (χ3n) is 5.83. The van der Waals surface area contributed by atoms with E-state index in [1.54, 1.807) is 18.3 Å². The van der Waals surface area contributed by atoms with E-state index in [0.29, 0.717) is 24.2 Å². The topological polar surface area (TPSA) is 91.3 Å². The molecule has 1 amide bonds. The highest BCUT2D eigenvalue weighted by atomic mass is 16.4. The largest absolute Gasteiger partial charge is 0.481 e. The Hall–Kier alpha value is -2.11. The van der Waals surface area contributed by atoms with Crippen molar-refractivity contribution in [3.8, 4) is 0 Å². The van der Waals surface area contributed by atoms with E-state index < -0.39 is 11.6 Å². The maximum absolute atomic E-state index is 12.4. The van der Waals surface area contributed by atoms with Crippen LogP contribution in [0.25, 0.3) is 0 Å². The van der Waals surface area contributed by atoms with Gasteiger partial charge in [0.1, 0.15) is 11.5 Å². The summed E-state index contributed by atoms with van der Waals surface area (Å²) in [7, 11) is 0. The molecule has 3 aliphatic carbocycles. The van der Waals surface area contributed by atoms with Gasteiger partial charge in [-0.25, -0.2) is 4.98 Å². The summed E-state index contributed by atoms with van der Waals surface area (Å²) >= 11 is 0. The molecule has 0 aromatic carbocycles. The molecule has 4 aliphatic rings. The maximum Gasteiger partial charge on any atom is 0.307 e. The van der Waals surface area contributed by atoms with Crippen molar-refractivity contribution in [3.05, 3.63) is 23.9 Å². The van der Waals surface area contributed by atoms with Crippen molar-refractivity contribution in [1.29, 1.82) is 0 Å². The van der Waals surface area contributed by atoms with E-state index in [0.717, 1.165) is 12.8 Å². The van der Waals surface area contributed by atoms with E-state index in [4.69, 9.17) is 0 Å². The van der Waals surface area contributed by atoms with Gasteiger partial charge in [-0.3, -0.25) is 9.59 Å². The van der Waals surface area contributed by atoms with E-state index in [1.165, 1.54) is 0 Å². The number of aromatic nitrogens is 1. The van der Waals surface area contributed by atoms with Crippen LogP contribution in [0.1, 0.15) is 43.0 Å². The molecule has 4 atom stereocenters. The number of fused-ring (bicyclic) bond motifs is 3. The van der Waals surface area contributed by atoms with Crippen LogP contribution in [-0.2, 0) is 4.79 Å². The molecule has 6 nitrogen and oxygen atoms in total. The Kier molecular flexibility index (Phi) is 2.59. The van der Waals surface area contributed by atoms with Gasteiger partial charge in [0.2, 0.25) is 0 Å². The van der Waals surface area contributed by atoms with Crippen LogP contribution in [0.2, 0.25) is 0 Å². The Morgan fingerprint density at radius 1 is 1.45 bits per heavy atom. The number of nitrogens with one attached hydrogen (secondary N) is 2. The number of rotatable bonds is 1. The molecule has 0 saturated heterocycles. The van der Waals surface area contributed by atoms with Gasteiger partial charge in [-0.2, -0.15) is 0 Å². The minimum Gasteiger partial charge on any atom is -0.481 e. The number of pyridine rings is 1. The first kappa shape index (κ1) is 13.5. The molecule has 0 unspecified atom stereocenters. The van der Waals surface area contributed by atoms with Gasteiger partial charge in [0.05, 0.1) is 11.5 Å². The third-order valence-corrected chi connectivity index (χ3v) is 5.83. The van der Waals surface area contributed by atoms with E-state index in [-0.39, 0.29) is 23.2 Å². The highest BCUT2D eigenvalue weighted by Gasteiger charge is 2.60. The van der Waals surface area contributed by atoms with Gasteiger partial charge in [0, 0.05) is 12.1 Å². The summed E-state index contributed by atoms with van der Waals surface area (Å²) in [6, 6.07) is 3.49. The molecule has 22 heavy (non-hydrogen) atoms. The van der Waals surface area contributed by atoms with Crippen molar-refractivity contribution >= 4 is 17.7 Å². The van der Waals surface area contributed by atoms with E-state index in [2.05, 4.69) is 15.6 Å². The number of anilines is 1. The van der Waals surface area contributed by atoms with Gasteiger partial charge in [-0.15, -0.1) is 0 Å². The number of amides is 1. The smallest absolute Gasteiger partial charge is 0.307 e. The highest BCUT2D eigenvalue weighted by Crippen LogP contribution is 2.58. The van der Waals surface area contributed by atoms with Crippen molar-refractivity contribution in [3.63, 3.8) is 0 Å². The second kappa shape index (κ2) is 4.21. The zero-order valence-electron chi connectivity index (χ0n) is 12.4. The molecule has 1 aliphatic heterocycles. The van der Waals surface area contributed by atoms with Crippen molar-refractivity contribution in [2.45, 2.75) is 38.3 Å². The number of nitrogens with zero attached hydrogens (tertiary/aromatic N) is 1. The van der Waals surface area contributed by atoms with Crippen molar-refractivity contribution in [1.82, 2.24) is 10.3 Å². The third kappa shape index (κ3) is 1.69. The number of carboxylic acids is 1. The molecule has 1 aromatic heterocycles. The second-order valence-electron chi connectivity index (χ2n) is 7.14. The number of hydrogen-bond donors (Lipinski definition) is 3. The van der Waals surface area contributed by atoms with E-state index in [1.807, 2.05) is 6.92 Å². The predicted molar refractivity (Wildman–Crippen MR) is 79.2 cm³/mol. The van der Waals surface area contributed by atoms with Crippen LogP contribution in [-0.4, -0.2) is 27.6 Å². The SMILES string of the molecule is C[C@]12CC[C@@H](C[C@@H]1C(=O)O)[C@]1(C2)NC(=O)c2cccnc2N1. The molecule has 3 fully saturated rings. The van der Waals surface area contributed by atoms with Crippen molar-refractivity contribution < 1.29 is 14.7 Å². The average Bonchev–Trinajstić information content (AvgIpc) is 2.46. The number of aliphatic carboxylic acids is 1. The van der Waals surface area contributed by atoms with Gasteiger partial charge in [-0.05, 0) is 43.2 Å². The van der Waals surface area contributed by atoms with Gasteiger partial charge in [-0.1, -0.05) is 6.92 Å². The fourth-order valence-corrected chi connectivity index (χ4v) is 4.70. The minimum atomic E-state index is -0.720. The summed E-state index contributed by atoms with van der Waals surface area (Å²) in [6.07, 6.45) is 4.71. The number of carbonyl (C=O) groups is 2. The van der Waals surface area contributed by atoms with Crippen LogP contribution in [0.5, 0.6) is 0 Å². The van der Waals surface area contributed by atoms with Crippen LogP contribution in [0.4, 0.5) is 5.82 Å². The first-order chi connectivity index (χ1) is 10.4. The number of hydrogen-bond acceptors (Lipinski definition) is 4. The van der Waals surface area contributed by atoms with E-state index >= 15 is 0 Å². The summed E-state index contributed by atoms with van der Waals surface area (Å²) in [5, 5.41) is 16.0. The molecule has 3 N–H and O–H groups in total. The Balaban J connectivity index is 1.73. The first-order valence-electron chi connectivity index (χ1n) is 7.72. The van der Waals surface area contributed by atoms with Crippen LogP contribution < -0.4 is 10.6 Å². The Morgan fingerprint density at radius 3 is 3.00 bits per heavy atom. The van der Waals surface area contributed by atoms with Crippen molar-refractivity contribution in [2.75, 3.05) is 5.32 Å². The number of carboxylic acid groups (broad SMARTS) is 1. The Labute approximate surface area is 128 Å². The second-order valence-corrected chi connectivity index (χ2v) is 7.14. The molecular weight excluding hydrogens is 282 g/mol. The lowest BCUT2D eigenvalue weighted by molar-refractivity contribution is -0.156. The van der Waals surface area contributed by atoms with Crippen LogP contribution in [0.15, 0.2) is 18.3 Å². The highest BCUT2D eigenvalue weighted by molar-refractivity contribution is 6.01. The normalized spacial score (nSPS) is 39.0. The zero-order chi connectivity index (χ0) is 15.5.